The van der Waals surface area contributed by atoms with Crippen molar-refractivity contribution in [2.45, 2.75) is 70.4 Å². The standard InChI is InChI=1S/C17H27NO2/c1-11(18-16(19)15-3-2-4-20-15)17-8-12-5-13(9-17)7-14(6-12)10-17/h11-15H,2-10H2,1H3,(H,18,19)/t11-,12?,13?,14?,15-,17?/m0/s1. The first kappa shape index (κ1) is 13.1. The molecule has 3 nitrogen and oxygen atoms in total. The Balaban J connectivity index is 1.45. The predicted octanol–water partition coefficient (Wildman–Crippen LogP) is 2.89. The minimum atomic E-state index is -0.175. The van der Waals surface area contributed by atoms with Crippen molar-refractivity contribution in [2.75, 3.05) is 6.61 Å². The van der Waals surface area contributed by atoms with Crippen LogP contribution in [-0.2, 0) is 9.53 Å². The maximum Gasteiger partial charge on any atom is 0.249 e. The van der Waals surface area contributed by atoms with Gasteiger partial charge >= 0.3 is 0 Å². The van der Waals surface area contributed by atoms with E-state index in [9.17, 15) is 4.79 Å². The summed E-state index contributed by atoms with van der Waals surface area (Å²) in [4.78, 5) is 12.3. The van der Waals surface area contributed by atoms with Gasteiger partial charge in [0.1, 0.15) is 6.10 Å². The van der Waals surface area contributed by atoms with E-state index in [1.54, 1.807) is 0 Å². The van der Waals surface area contributed by atoms with Crippen molar-refractivity contribution in [3.05, 3.63) is 0 Å². The van der Waals surface area contributed by atoms with Gasteiger partial charge in [0.2, 0.25) is 5.91 Å². The molecule has 1 amide bonds. The first-order valence-electron chi connectivity index (χ1n) is 8.57. The van der Waals surface area contributed by atoms with Crippen molar-refractivity contribution in [1.29, 1.82) is 0 Å². The summed E-state index contributed by atoms with van der Waals surface area (Å²) in [5.41, 5.74) is 0.406. The molecule has 1 saturated heterocycles. The Morgan fingerprint density at radius 3 is 2.25 bits per heavy atom. The molecular weight excluding hydrogens is 250 g/mol. The molecule has 112 valence electrons. The number of hydrogen-bond acceptors (Lipinski definition) is 2. The van der Waals surface area contributed by atoms with Crippen LogP contribution >= 0.6 is 0 Å². The molecule has 0 radical (unpaired) electrons. The minimum Gasteiger partial charge on any atom is -0.368 e. The lowest BCUT2D eigenvalue weighted by Gasteiger charge is -2.59. The molecule has 5 aliphatic rings. The molecule has 4 aliphatic carbocycles. The second-order valence-corrected chi connectivity index (χ2v) is 8.01. The van der Waals surface area contributed by atoms with E-state index in [0.717, 1.165) is 37.2 Å². The van der Waals surface area contributed by atoms with Gasteiger partial charge in [0.15, 0.2) is 0 Å². The maximum absolute atomic E-state index is 12.3. The Labute approximate surface area is 121 Å². The Morgan fingerprint density at radius 2 is 1.75 bits per heavy atom. The molecule has 4 saturated carbocycles. The Bertz CT molecular complexity index is 365. The summed E-state index contributed by atoms with van der Waals surface area (Å²) in [6, 6.07) is 0.326. The Morgan fingerprint density at radius 1 is 1.15 bits per heavy atom. The highest BCUT2D eigenvalue weighted by Crippen LogP contribution is 2.61. The van der Waals surface area contributed by atoms with E-state index < -0.39 is 0 Å². The molecule has 0 aromatic carbocycles. The summed E-state index contributed by atoms with van der Waals surface area (Å²) >= 11 is 0. The zero-order valence-corrected chi connectivity index (χ0v) is 12.6. The van der Waals surface area contributed by atoms with Crippen LogP contribution in [0.15, 0.2) is 0 Å². The first-order chi connectivity index (χ1) is 9.64. The highest BCUT2D eigenvalue weighted by Gasteiger charge is 2.53. The van der Waals surface area contributed by atoms with E-state index in [4.69, 9.17) is 4.74 Å². The van der Waals surface area contributed by atoms with Gasteiger partial charge in [0.25, 0.3) is 0 Å². The highest BCUT2D eigenvalue weighted by atomic mass is 16.5. The van der Waals surface area contributed by atoms with Crippen LogP contribution in [0.25, 0.3) is 0 Å². The van der Waals surface area contributed by atoms with Gasteiger partial charge in [0, 0.05) is 12.6 Å². The van der Waals surface area contributed by atoms with E-state index >= 15 is 0 Å². The molecule has 2 atom stereocenters. The molecule has 5 rings (SSSR count). The minimum absolute atomic E-state index is 0.144. The fourth-order valence-corrected chi connectivity index (χ4v) is 5.95. The number of carbonyl (C=O) groups excluding carboxylic acids is 1. The lowest BCUT2D eigenvalue weighted by molar-refractivity contribution is -0.134. The second kappa shape index (κ2) is 4.72. The monoisotopic (exact) mass is 277 g/mol. The molecule has 1 heterocycles. The smallest absolute Gasteiger partial charge is 0.249 e. The molecular formula is C17H27NO2. The molecule has 5 fully saturated rings. The number of amides is 1. The SMILES string of the molecule is C[C@H](NC(=O)[C@@H]1CCCO1)C12CC3CC(CC(C3)C1)C2. The van der Waals surface area contributed by atoms with Crippen molar-refractivity contribution < 1.29 is 9.53 Å². The first-order valence-corrected chi connectivity index (χ1v) is 8.57. The van der Waals surface area contributed by atoms with Crippen molar-refractivity contribution in [3.63, 3.8) is 0 Å². The summed E-state index contributed by atoms with van der Waals surface area (Å²) in [5.74, 6) is 2.99. The van der Waals surface area contributed by atoms with Crippen LogP contribution in [-0.4, -0.2) is 24.7 Å². The third kappa shape index (κ3) is 2.09. The van der Waals surface area contributed by atoms with Gasteiger partial charge in [-0.15, -0.1) is 0 Å². The van der Waals surface area contributed by atoms with Crippen molar-refractivity contribution >= 4 is 5.91 Å². The number of rotatable bonds is 3. The number of nitrogens with one attached hydrogen (secondary N) is 1. The van der Waals surface area contributed by atoms with Crippen LogP contribution in [0.4, 0.5) is 0 Å². The van der Waals surface area contributed by atoms with Crippen LogP contribution in [0, 0.1) is 23.2 Å². The normalized spacial score (nSPS) is 47.5. The molecule has 0 aromatic rings. The van der Waals surface area contributed by atoms with Crippen LogP contribution in [0.2, 0.25) is 0 Å². The molecule has 1 N–H and O–H groups in total. The molecule has 3 heteroatoms. The summed E-state index contributed by atoms with van der Waals surface area (Å²) in [7, 11) is 0. The maximum atomic E-state index is 12.3. The fourth-order valence-electron chi connectivity index (χ4n) is 5.95. The summed E-state index contributed by atoms with van der Waals surface area (Å²) < 4.78 is 5.52. The Kier molecular flexibility index (Phi) is 3.10. The highest BCUT2D eigenvalue weighted by molar-refractivity contribution is 5.81. The van der Waals surface area contributed by atoms with Gasteiger partial charge < -0.3 is 10.1 Å². The van der Waals surface area contributed by atoms with E-state index in [-0.39, 0.29) is 12.0 Å². The van der Waals surface area contributed by atoms with Crippen LogP contribution in [0.5, 0.6) is 0 Å². The average molecular weight is 277 g/mol. The lowest BCUT2D eigenvalue weighted by Crippen LogP contribution is -2.56. The van der Waals surface area contributed by atoms with Crippen LogP contribution < -0.4 is 5.32 Å². The summed E-state index contributed by atoms with van der Waals surface area (Å²) in [6.07, 6.45) is 10.2. The molecule has 4 bridgehead atoms. The second-order valence-electron chi connectivity index (χ2n) is 8.01. The third-order valence-electron chi connectivity index (χ3n) is 6.59. The summed E-state index contributed by atoms with van der Waals surface area (Å²) in [5, 5.41) is 3.31. The quantitative estimate of drug-likeness (QED) is 0.861. The third-order valence-corrected chi connectivity index (χ3v) is 6.59. The van der Waals surface area contributed by atoms with E-state index in [1.807, 2.05) is 0 Å². The molecule has 0 spiro atoms. The topological polar surface area (TPSA) is 38.3 Å². The average Bonchev–Trinajstić information content (AvgIpc) is 2.90. The van der Waals surface area contributed by atoms with Crippen molar-refractivity contribution in [2.24, 2.45) is 23.2 Å². The largest absolute Gasteiger partial charge is 0.368 e. The molecule has 0 unspecified atom stereocenters. The molecule has 1 aliphatic heterocycles. The zero-order valence-electron chi connectivity index (χ0n) is 12.6. The van der Waals surface area contributed by atoms with Crippen LogP contribution in [0.1, 0.15) is 58.3 Å². The fraction of sp³-hybridized carbons (Fsp3) is 0.941. The number of hydrogen-bond donors (Lipinski definition) is 1. The van der Waals surface area contributed by atoms with Crippen LogP contribution in [0.3, 0.4) is 0 Å². The van der Waals surface area contributed by atoms with Crippen molar-refractivity contribution in [1.82, 2.24) is 5.32 Å². The van der Waals surface area contributed by atoms with Gasteiger partial charge in [0.05, 0.1) is 0 Å². The number of carbonyl (C=O) groups is 1. The molecule has 0 aromatic heterocycles. The number of ether oxygens (including phenoxy) is 1. The van der Waals surface area contributed by atoms with E-state index in [2.05, 4.69) is 12.2 Å². The lowest BCUT2D eigenvalue weighted by atomic mass is 9.48. The summed E-state index contributed by atoms with van der Waals surface area (Å²) in [6.45, 7) is 3.00. The molecule has 20 heavy (non-hydrogen) atoms. The van der Waals surface area contributed by atoms with Gasteiger partial charge in [-0.25, -0.2) is 0 Å². The van der Waals surface area contributed by atoms with E-state index in [0.29, 0.717) is 11.5 Å². The Hall–Kier alpha value is -0.570. The van der Waals surface area contributed by atoms with E-state index in [1.165, 1.54) is 38.5 Å². The van der Waals surface area contributed by atoms with Gasteiger partial charge in [-0.3, -0.25) is 4.79 Å². The predicted molar refractivity (Wildman–Crippen MR) is 77.2 cm³/mol. The van der Waals surface area contributed by atoms with Gasteiger partial charge in [-0.2, -0.15) is 0 Å². The van der Waals surface area contributed by atoms with Gasteiger partial charge in [-0.05, 0) is 81.5 Å². The van der Waals surface area contributed by atoms with Gasteiger partial charge in [-0.1, -0.05) is 0 Å². The van der Waals surface area contributed by atoms with Crippen molar-refractivity contribution in [3.8, 4) is 0 Å². The zero-order chi connectivity index (χ0) is 13.7.